The van der Waals surface area contributed by atoms with Gasteiger partial charge in [-0.1, -0.05) is 6.07 Å². The molecule has 0 spiro atoms. The van der Waals surface area contributed by atoms with E-state index in [1.807, 2.05) is 23.1 Å². The number of ether oxygens (including phenoxy) is 2. The number of anilines is 2. The SMILES string of the molecule is O=C(c1ccc2c(c1)OCCO2)N1CCCC1c1cccc(Nc2cnccn2)n1. The van der Waals surface area contributed by atoms with E-state index in [0.29, 0.717) is 48.5 Å². The van der Waals surface area contributed by atoms with Crippen LogP contribution in [0.2, 0.25) is 0 Å². The highest BCUT2D eigenvalue weighted by atomic mass is 16.6. The molecule has 0 bridgehead atoms. The first-order valence-electron chi connectivity index (χ1n) is 9.98. The molecule has 3 aromatic rings. The molecule has 8 nitrogen and oxygen atoms in total. The van der Waals surface area contributed by atoms with E-state index in [1.165, 1.54) is 0 Å². The van der Waals surface area contributed by atoms with Crippen LogP contribution in [0.15, 0.2) is 55.0 Å². The summed E-state index contributed by atoms with van der Waals surface area (Å²) in [5.41, 5.74) is 1.45. The first kappa shape index (κ1) is 18.4. The summed E-state index contributed by atoms with van der Waals surface area (Å²) in [7, 11) is 0. The molecule has 0 aliphatic carbocycles. The Morgan fingerprint density at radius 3 is 2.83 bits per heavy atom. The maximum atomic E-state index is 13.3. The van der Waals surface area contributed by atoms with Crippen molar-refractivity contribution in [3.8, 4) is 11.5 Å². The maximum absolute atomic E-state index is 13.3. The standard InChI is InChI=1S/C22H21N5O3/c28-22(15-6-7-18-19(13-15)30-12-11-29-18)27-10-2-4-17(27)16-3-1-5-20(25-16)26-21-14-23-8-9-24-21/h1,3,5-9,13-14,17H,2,4,10-12H2,(H,24,25,26). The second-order valence-corrected chi connectivity index (χ2v) is 7.18. The van der Waals surface area contributed by atoms with E-state index >= 15 is 0 Å². The number of amides is 1. The summed E-state index contributed by atoms with van der Waals surface area (Å²) in [4.78, 5) is 28.2. The number of benzene rings is 1. The summed E-state index contributed by atoms with van der Waals surface area (Å²) in [5.74, 6) is 2.57. The average Bonchev–Trinajstić information content (AvgIpc) is 3.29. The number of pyridine rings is 1. The topological polar surface area (TPSA) is 89.5 Å². The number of aromatic nitrogens is 3. The summed E-state index contributed by atoms with van der Waals surface area (Å²) in [6.07, 6.45) is 6.69. The molecule has 2 aromatic heterocycles. The molecule has 2 aliphatic rings. The zero-order chi connectivity index (χ0) is 20.3. The first-order chi connectivity index (χ1) is 14.8. The number of hydrogen-bond donors (Lipinski definition) is 1. The predicted molar refractivity (Wildman–Crippen MR) is 110 cm³/mol. The van der Waals surface area contributed by atoms with Gasteiger partial charge in [0.25, 0.3) is 5.91 Å². The Hall–Kier alpha value is -3.68. The Balaban J connectivity index is 1.37. The van der Waals surface area contributed by atoms with Crippen LogP contribution in [0.5, 0.6) is 11.5 Å². The fourth-order valence-corrected chi connectivity index (χ4v) is 3.86. The second-order valence-electron chi connectivity index (χ2n) is 7.18. The summed E-state index contributed by atoms with van der Waals surface area (Å²) in [6.45, 7) is 1.72. The van der Waals surface area contributed by atoms with Crippen molar-refractivity contribution in [3.63, 3.8) is 0 Å². The number of carbonyl (C=O) groups excluding carboxylic acids is 1. The van der Waals surface area contributed by atoms with Crippen molar-refractivity contribution in [1.82, 2.24) is 19.9 Å². The summed E-state index contributed by atoms with van der Waals surface area (Å²) >= 11 is 0. The second kappa shape index (κ2) is 7.98. The Morgan fingerprint density at radius 1 is 1.07 bits per heavy atom. The van der Waals surface area contributed by atoms with Gasteiger partial charge in [0.2, 0.25) is 0 Å². The fourth-order valence-electron chi connectivity index (χ4n) is 3.86. The third-order valence-electron chi connectivity index (χ3n) is 5.23. The van der Waals surface area contributed by atoms with Gasteiger partial charge in [-0.3, -0.25) is 9.78 Å². The highest BCUT2D eigenvalue weighted by Crippen LogP contribution is 2.35. The van der Waals surface area contributed by atoms with Gasteiger partial charge in [-0.25, -0.2) is 9.97 Å². The Kier molecular flexibility index (Phi) is 4.88. The lowest BCUT2D eigenvalue weighted by atomic mass is 10.1. The first-order valence-corrected chi connectivity index (χ1v) is 9.98. The monoisotopic (exact) mass is 403 g/mol. The molecule has 30 heavy (non-hydrogen) atoms. The van der Waals surface area contributed by atoms with Crippen LogP contribution in [0, 0.1) is 0 Å². The smallest absolute Gasteiger partial charge is 0.254 e. The normalized spacial score (nSPS) is 17.6. The van der Waals surface area contributed by atoms with Gasteiger partial charge in [0.1, 0.15) is 24.8 Å². The molecule has 1 unspecified atom stereocenters. The van der Waals surface area contributed by atoms with Gasteiger partial charge in [0, 0.05) is 24.5 Å². The van der Waals surface area contributed by atoms with E-state index in [4.69, 9.17) is 14.5 Å². The van der Waals surface area contributed by atoms with Crippen molar-refractivity contribution in [2.24, 2.45) is 0 Å². The number of fused-ring (bicyclic) bond motifs is 1. The molecule has 152 valence electrons. The number of hydrogen-bond acceptors (Lipinski definition) is 7. The molecule has 2 aliphatic heterocycles. The van der Waals surface area contributed by atoms with Gasteiger partial charge in [-0.2, -0.15) is 0 Å². The van der Waals surface area contributed by atoms with E-state index in [9.17, 15) is 4.79 Å². The molecule has 4 heterocycles. The number of likely N-dealkylation sites (tertiary alicyclic amines) is 1. The van der Waals surface area contributed by atoms with Gasteiger partial charge in [-0.05, 0) is 43.2 Å². The fraction of sp³-hybridized carbons (Fsp3) is 0.273. The lowest BCUT2D eigenvalue weighted by Crippen LogP contribution is -2.31. The number of rotatable bonds is 4. The minimum Gasteiger partial charge on any atom is -0.486 e. The minimum absolute atomic E-state index is 0.0245. The highest BCUT2D eigenvalue weighted by molar-refractivity contribution is 5.95. The van der Waals surface area contributed by atoms with Crippen LogP contribution in [-0.4, -0.2) is 45.5 Å². The maximum Gasteiger partial charge on any atom is 0.254 e. The number of nitrogens with zero attached hydrogens (tertiary/aromatic N) is 4. The molecule has 1 saturated heterocycles. The molecule has 1 amide bonds. The van der Waals surface area contributed by atoms with Gasteiger partial charge >= 0.3 is 0 Å². The van der Waals surface area contributed by atoms with Crippen molar-refractivity contribution < 1.29 is 14.3 Å². The zero-order valence-electron chi connectivity index (χ0n) is 16.3. The summed E-state index contributed by atoms with van der Waals surface area (Å²) in [6, 6.07) is 11.1. The molecule has 1 N–H and O–H groups in total. The van der Waals surface area contributed by atoms with Crippen molar-refractivity contribution in [1.29, 1.82) is 0 Å². The van der Waals surface area contributed by atoms with Crippen LogP contribution in [0.3, 0.4) is 0 Å². The van der Waals surface area contributed by atoms with E-state index in [2.05, 4.69) is 15.3 Å². The van der Waals surface area contributed by atoms with E-state index in [-0.39, 0.29) is 11.9 Å². The van der Waals surface area contributed by atoms with Crippen LogP contribution < -0.4 is 14.8 Å². The molecular weight excluding hydrogens is 382 g/mol. The lowest BCUT2D eigenvalue weighted by molar-refractivity contribution is 0.0732. The molecule has 0 saturated carbocycles. The van der Waals surface area contributed by atoms with Crippen molar-refractivity contribution >= 4 is 17.5 Å². The third-order valence-corrected chi connectivity index (χ3v) is 5.23. The number of carbonyl (C=O) groups is 1. The molecule has 0 radical (unpaired) electrons. The Labute approximate surface area is 173 Å². The zero-order valence-corrected chi connectivity index (χ0v) is 16.3. The van der Waals surface area contributed by atoms with Crippen LogP contribution in [-0.2, 0) is 0 Å². The van der Waals surface area contributed by atoms with Gasteiger partial charge < -0.3 is 19.7 Å². The van der Waals surface area contributed by atoms with Crippen LogP contribution in [0.4, 0.5) is 11.6 Å². The minimum atomic E-state index is -0.0747. The third kappa shape index (κ3) is 3.63. The van der Waals surface area contributed by atoms with Crippen molar-refractivity contribution in [3.05, 3.63) is 66.2 Å². The number of nitrogens with one attached hydrogen (secondary N) is 1. The van der Waals surface area contributed by atoms with Crippen molar-refractivity contribution in [2.45, 2.75) is 18.9 Å². The molecule has 5 rings (SSSR count). The Bertz CT molecular complexity index is 1060. The largest absolute Gasteiger partial charge is 0.486 e. The van der Waals surface area contributed by atoms with E-state index < -0.39 is 0 Å². The van der Waals surface area contributed by atoms with Gasteiger partial charge in [0.15, 0.2) is 11.5 Å². The molecular formula is C22H21N5O3. The molecule has 1 fully saturated rings. The highest BCUT2D eigenvalue weighted by Gasteiger charge is 2.32. The summed E-state index contributed by atoms with van der Waals surface area (Å²) in [5, 5.41) is 3.16. The summed E-state index contributed by atoms with van der Waals surface area (Å²) < 4.78 is 11.2. The lowest BCUT2D eigenvalue weighted by Gasteiger charge is -2.25. The quantitative estimate of drug-likeness (QED) is 0.714. The predicted octanol–water partition coefficient (Wildman–Crippen LogP) is 3.36. The average molecular weight is 403 g/mol. The van der Waals surface area contributed by atoms with E-state index in [0.717, 1.165) is 18.5 Å². The molecule has 1 atom stereocenters. The molecule has 8 heteroatoms. The molecule has 1 aromatic carbocycles. The van der Waals surface area contributed by atoms with Crippen LogP contribution >= 0.6 is 0 Å². The van der Waals surface area contributed by atoms with Gasteiger partial charge in [-0.15, -0.1) is 0 Å². The Morgan fingerprint density at radius 2 is 1.97 bits per heavy atom. The van der Waals surface area contributed by atoms with Crippen LogP contribution in [0.25, 0.3) is 0 Å². The van der Waals surface area contributed by atoms with Crippen LogP contribution in [0.1, 0.15) is 34.9 Å². The van der Waals surface area contributed by atoms with Crippen molar-refractivity contribution in [2.75, 3.05) is 25.1 Å². The van der Waals surface area contributed by atoms with E-state index in [1.54, 1.807) is 36.8 Å². The van der Waals surface area contributed by atoms with Gasteiger partial charge in [0.05, 0.1) is 17.9 Å².